The standard InChI is InChI=1S/C29H32N2O2S/c1-20(2)18-31(28-30-25-8-6-7-9-26(25)34-28)27(32)22-12-10-21(11-13-22)19-33-24-16-14-23(15-17-24)29(3,4)5/h6-17,20H,18-19H2,1-5H3. The van der Waals surface area contributed by atoms with Crippen LogP contribution in [0.15, 0.2) is 72.8 Å². The number of benzene rings is 3. The number of aromatic nitrogens is 1. The number of anilines is 1. The summed E-state index contributed by atoms with van der Waals surface area (Å²) in [5.74, 6) is 1.14. The third-order valence-electron chi connectivity index (χ3n) is 5.63. The molecular weight excluding hydrogens is 440 g/mol. The zero-order valence-corrected chi connectivity index (χ0v) is 21.4. The van der Waals surface area contributed by atoms with Crippen LogP contribution in [0.25, 0.3) is 10.2 Å². The van der Waals surface area contributed by atoms with Gasteiger partial charge in [-0.15, -0.1) is 0 Å². The molecule has 4 rings (SSSR count). The van der Waals surface area contributed by atoms with Crippen molar-refractivity contribution in [3.63, 3.8) is 0 Å². The zero-order chi connectivity index (χ0) is 24.3. The van der Waals surface area contributed by atoms with E-state index in [0.717, 1.165) is 26.7 Å². The van der Waals surface area contributed by atoms with Crippen molar-refractivity contribution in [1.82, 2.24) is 4.98 Å². The van der Waals surface area contributed by atoms with Crippen LogP contribution >= 0.6 is 11.3 Å². The summed E-state index contributed by atoms with van der Waals surface area (Å²) in [7, 11) is 0. The van der Waals surface area contributed by atoms with Crippen molar-refractivity contribution >= 4 is 32.6 Å². The first kappa shape index (κ1) is 24.0. The molecule has 0 fully saturated rings. The van der Waals surface area contributed by atoms with Crippen LogP contribution < -0.4 is 9.64 Å². The summed E-state index contributed by atoms with van der Waals surface area (Å²) in [4.78, 5) is 19.9. The van der Waals surface area contributed by atoms with Crippen molar-refractivity contribution in [1.29, 1.82) is 0 Å². The fraction of sp³-hybridized carbons (Fsp3) is 0.310. The number of amides is 1. The molecule has 0 aliphatic heterocycles. The van der Waals surface area contributed by atoms with E-state index >= 15 is 0 Å². The fourth-order valence-corrected chi connectivity index (χ4v) is 4.68. The van der Waals surface area contributed by atoms with E-state index in [-0.39, 0.29) is 11.3 Å². The van der Waals surface area contributed by atoms with Crippen LogP contribution in [0, 0.1) is 5.92 Å². The molecule has 0 saturated heterocycles. The summed E-state index contributed by atoms with van der Waals surface area (Å²) >= 11 is 1.56. The lowest BCUT2D eigenvalue weighted by molar-refractivity contribution is 0.0984. The van der Waals surface area contributed by atoms with Gasteiger partial charge in [0.2, 0.25) is 0 Å². The molecule has 0 unspecified atom stereocenters. The first-order valence-corrected chi connectivity index (χ1v) is 12.5. The molecule has 0 N–H and O–H groups in total. The SMILES string of the molecule is CC(C)CN(C(=O)c1ccc(COc2ccc(C(C)(C)C)cc2)cc1)c1nc2ccccc2s1. The van der Waals surface area contributed by atoms with Crippen LogP contribution in [-0.2, 0) is 12.0 Å². The van der Waals surface area contributed by atoms with E-state index < -0.39 is 0 Å². The van der Waals surface area contributed by atoms with Crippen LogP contribution in [0.2, 0.25) is 0 Å². The Morgan fingerprint density at radius 2 is 1.65 bits per heavy atom. The Kier molecular flexibility index (Phi) is 7.03. The van der Waals surface area contributed by atoms with Crippen molar-refractivity contribution in [2.45, 2.75) is 46.6 Å². The minimum atomic E-state index is -0.0296. The van der Waals surface area contributed by atoms with E-state index in [1.807, 2.05) is 60.7 Å². The van der Waals surface area contributed by atoms with Gasteiger partial charge in [0, 0.05) is 12.1 Å². The van der Waals surface area contributed by atoms with E-state index in [4.69, 9.17) is 9.72 Å². The van der Waals surface area contributed by atoms with Crippen molar-refractivity contribution in [3.05, 3.63) is 89.5 Å². The predicted molar refractivity (Wildman–Crippen MR) is 142 cm³/mol. The van der Waals surface area contributed by atoms with E-state index in [1.54, 1.807) is 16.2 Å². The highest BCUT2D eigenvalue weighted by molar-refractivity contribution is 7.22. The molecule has 0 aliphatic carbocycles. The van der Waals surface area contributed by atoms with Gasteiger partial charge in [-0.1, -0.05) is 82.4 Å². The number of hydrogen-bond donors (Lipinski definition) is 0. The number of ether oxygens (including phenoxy) is 1. The van der Waals surface area contributed by atoms with E-state index in [2.05, 4.69) is 46.8 Å². The van der Waals surface area contributed by atoms with Gasteiger partial charge in [-0.3, -0.25) is 9.69 Å². The number of hydrogen-bond acceptors (Lipinski definition) is 4. The molecule has 0 atom stereocenters. The number of para-hydroxylation sites is 1. The number of rotatable bonds is 7. The molecule has 1 aromatic heterocycles. The number of fused-ring (bicyclic) bond motifs is 1. The Hall–Kier alpha value is -3.18. The predicted octanol–water partition coefficient (Wildman–Crippen LogP) is 7.48. The van der Waals surface area contributed by atoms with Crippen molar-refractivity contribution in [3.8, 4) is 5.75 Å². The quantitative estimate of drug-likeness (QED) is 0.280. The molecule has 176 valence electrons. The first-order chi connectivity index (χ1) is 16.2. The zero-order valence-electron chi connectivity index (χ0n) is 20.5. The number of thiazole rings is 1. The van der Waals surface area contributed by atoms with Crippen molar-refractivity contribution in [2.75, 3.05) is 11.4 Å². The lowest BCUT2D eigenvalue weighted by atomic mass is 9.87. The van der Waals surface area contributed by atoms with Crippen LogP contribution in [0.3, 0.4) is 0 Å². The molecule has 3 aromatic carbocycles. The maximum absolute atomic E-state index is 13.4. The number of carbonyl (C=O) groups is 1. The monoisotopic (exact) mass is 472 g/mol. The molecule has 0 bridgehead atoms. The second-order valence-electron chi connectivity index (χ2n) is 10.0. The van der Waals surface area contributed by atoms with Gasteiger partial charge < -0.3 is 4.74 Å². The minimum absolute atomic E-state index is 0.0296. The molecule has 4 aromatic rings. The molecule has 34 heavy (non-hydrogen) atoms. The molecule has 1 amide bonds. The normalized spacial score (nSPS) is 11.7. The molecule has 0 radical (unpaired) electrons. The lowest BCUT2D eigenvalue weighted by Gasteiger charge is -2.22. The van der Waals surface area contributed by atoms with Crippen molar-refractivity contribution in [2.24, 2.45) is 5.92 Å². The largest absolute Gasteiger partial charge is 0.489 e. The molecule has 0 aliphatic rings. The summed E-state index contributed by atoms with van der Waals surface area (Å²) in [6.45, 7) is 11.9. The average molecular weight is 473 g/mol. The van der Waals surface area contributed by atoms with Gasteiger partial charge in [0.05, 0.1) is 10.2 Å². The fourth-order valence-electron chi connectivity index (χ4n) is 3.71. The minimum Gasteiger partial charge on any atom is -0.489 e. The summed E-state index contributed by atoms with van der Waals surface area (Å²) in [5, 5.41) is 0.742. The second kappa shape index (κ2) is 9.98. The Morgan fingerprint density at radius 3 is 2.26 bits per heavy atom. The second-order valence-corrected chi connectivity index (χ2v) is 11.0. The van der Waals surface area contributed by atoms with E-state index in [0.29, 0.717) is 24.6 Å². The lowest BCUT2D eigenvalue weighted by Crippen LogP contribution is -2.34. The smallest absolute Gasteiger partial charge is 0.260 e. The summed E-state index contributed by atoms with van der Waals surface area (Å²) in [5.41, 5.74) is 3.99. The highest BCUT2D eigenvalue weighted by Gasteiger charge is 2.22. The van der Waals surface area contributed by atoms with Crippen LogP contribution in [0.5, 0.6) is 5.75 Å². The summed E-state index contributed by atoms with van der Waals surface area (Å²) in [6.07, 6.45) is 0. The van der Waals surface area contributed by atoms with Gasteiger partial charge in [-0.05, 0) is 58.9 Å². The van der Waals surface area contributed by atoms with Gasteiger partial charge in [-0.2, -0.15) is 0 Å². The summed E-state index contributed by atoms with van der Waals surface area (Å²) in [6, 6.07) is 23.9. The third kappa shape index (κ3) is 5.65. The van der Waals surface area contributed by atoms with Crippen LogP contribution in [0.4, 0.5) is 5.13 Å². The molecule has 0 saturated carbocycles. The third-order valence-corrected chi connectivity index (χ3v) is 6.69. The maximum Gasteiger partial charge on any atom is 0.260 e. The van der Waals surface area contributed by atoms with Crippen LogP contribution in [0.1, 0.15) is 56.1 Å². The number of carbonyl (C=O) groups excluding carboxylic acids is 1. The highest BCUT2D eigenvalue weighted by atomic mass is 32.1. The Labute approximate surface area is 206 Å². The topological polar surface area (TPSA) is 42.4 Å². The first-order valence-electron chi connectivity index (χ1n) is 11.7. The van der Waals surface area contributed by atoms with Gasteiger partial charge in [-0.25, -0.2) is 4.98 Å². The van der Waals surface area contributed by atoms with Gasteiger partial charge >= 0.3 is 0 Å². The Morgan fingerprint density at radius 1 is 0.971 bits per heavy atom. The van der Waals surface area contributed by atoms with Crippen LogP contribution in [-0.4, -0.2) is 17.4 Å². The molecule has 5 heteroatoms. The van der Waals surface area contributed by atoms with Crippen molar-refractivity contribution < 1.29 is 9.53 Å². The maximum atomic E-state index is 13.4. The molecular formula is C29H32N2O2S. The average Bonchev–Trinajstić information content (AvgIpc) is 3.25. The summed E-state index contributed by atoms with van der Waals surface area (Å²) < 4.78 is 7.04. The van der Waals surface area contributed by atoms with Gasteiger partial charge in [0.15, 0.2) is 5.13 Å². The van der Waals surface area contributed by atoms with Gasteiger partial charge in [0.1, 0.15) is 12.4 Å². The molecule has 0 spiro atoms. The molecule has 1 heterocycles. The highest BCUT2D eigenvalue weighted by Crippen LogP contribution is 2.30. The number of nitrogens with zero attached hydrogens (tertiary/aromatic N) is 2. The Balaban J connectivity index is 1.46. The van der Waals surface area contributed by atoms with Gasteiger partial charge in [0.25, 0.3) is 5.91 Å². The van der Waals surface area contributed by atoms with E-state index in [9.17, 15) is 4.79 Å². The Bertz CT molecular complexity index is 1220. The van der Waals surface area contributed by atoms with E-state index in [1.165, 1.54) is 5.56 Å². The molecule has 4 nitrogen and oxygen atoms in total.